The molecule has 0 aromatic heterocycles. The first kappa shape index (κ1) is 15.4. The summed E-state index contributed by atoms with van der Waals surface area (Å²) in [5.41, 5.74) is 0.414. The molecule has 0 saturated heterocycles. The van der Waals surface area contributed by atoms with E-state index in [0.29, 0.717) is 0 Å². The quantitative estimate of drug-likeness (QED) is 0.829. The van der Waals surface area contributed by atoms with Crippen molar-refractivity contribution in [2.24, 2.45) is 0 Å². The summed E-state index contributed by atoms with van der Waals surface area (Å²) in [6.07, 6.45) is -0.468. The van der Waals surface area contributed by atoms with E-state index < -0.39 is 30.2 Å². The van der Waals surface area contributed by atoms with Gasteiger partial charge >= 0.3 is 11.9 Å². The third-order valence-corrected chi connectivity index (χ3v) is 3.72. The van der Waals surface area contributed by atoms with Gasteiger partial charge in [0.15, 0.2) is 0 Å². The number of fused-ring (bicyclic) bond motifs is 1. The second-order valence-corrected chi connectivity index (χ2v) is 5.21. The molecule has 1 aliphatic rings. The average Bonchev–Trinajstić information content (AvgIpc) is 2.79. The number of hydrogen-bond acceptors (Lipinski definition) is 4. The molecular weight excluding hydrogens is 314 g/mol. The van der Waals surface area contributed by atoms with Crippen molar-refractivity contribution < 1.29 is 29.4 Å². The van der Waals surface area contributed by atoms with Crippen molar-refractivity contribution >= 4 is 29.4 Å². The molecule has 120 valence electrons. The molecular formula is C17H11NO6. The molecule has 0 unspecified atom stereocenters. The molecule has 0 radical (unpaired) electrons. The van der Waals surface area contributed by atoms with Crippen molar-refractivity contribution in [1.29, 1.82) is 0 Å². The van der Waals surface area contributed by atoms with Crippen LogP contribution in [0.5, 0.6) is 0 Å². The van der Waals surface area contributed by atoms with Crippen molar-refractivity contribution in [3.63, 3.8) is 0 Å². The Labute approximate surface area is 135 Å². The summed E-state index contributed by atoms with van der Waals surface area (Å²) in [6.45, 7) is 0. The molecule has 1 aliphatic heterocycles. The van der Waals surface area contributed by atoms with Gasteiger partial charge in [0.25, 0.3) is 11.8 Å². The molecule has 7 heteroatoms. The van der Waals surface area contributed by atoms with E-state index in [1.54, 1.807) is 12.1 Å². The van der Waals surface area contributed by atoms with Crippen LogP contribution in [0.1, 0.15) is 36.6 Å². The lowest BCUT2D eigenvalue weighted by Crippen LogP contribution is -2.29. The number of carbonyl (C=O) groups is 4. The molecule has 0 saturated carbocycles. The molecule has 2 aromatic carbocycles. The highest BCUT2D eigenvalue weighted by atomic mass is 16.4. The van der Waals surface area contributed by atoms with Gasteiger partial charge in [0.2, 0.25) is 0 Å². The van der Waals surface area contributed by atoms with Crippen molar-refractivity contribution in [2.45, 2.75) is 6.42 Å². The Bertz CT molecular complexity index is 867. The number of carboxylic acid groups (broad SMARTS) is 2. The van der Waals surface area contributed by atoms with Crippen molar-refractivity contribution in [1.82, 2.24) is 0 Å². The number of amides is 2. The van der Waals surface area contributed by atoms with Crippen LogP contribution in [0.25, 0.3) is 0 Å². The number of nitrogens with zero attached hydrogens (tertiary/aromatic N) is 1. The third-order valence-electron chi connectivity index (χ3n) is 3.72. The molecule has 0 spiro atoms. The number of hydrogen-bond donors (Lipinski definition) is 2. The largest absolute Gasteiger partial charge is 0.481 e. The first-order chi connectivity index (χ1) is 11.4. The standard InChI is InChI=1S/C17H11NO6/c19-14(20)7-9-5-6-10(8-13(9)17(23)24)18-15(21)11-3-1-2-4-12(11)16(18)22/h1-6,8H,7H2,(H,19,20)(H,23,24). The highest BCUT2D eigenvalue weighted by Crippen LogP contribution is 2.29. The molecule has 2 aromatic rings. The maximum Gasteiger partial charge on any atom is 0.336 e. The number of carboxylic acids is 2. The van der Waals surface area contributed by atoms with E-state index in [1.165, 1.54) is 24.3 Å². The Morgan fingerprint density at radius 3 is 2.00 bits per heavy atom. The normalized spacial score (nSPS) is 13.1. The van der Waals surface area contributed by atoms with E-state index in [0.717, 1.165) is 11.0 Å². The number of imide groups is 1. The van der Waals surface area contributed by atoms with Gasteiger partial charge in [-0.15, -0.1) is 0 Å². The van der Waals surface area contributed by atoms with E-state index in [1.807, 2.05) is 0 Å². The Morgan fingerprint density at radius 2 is 1.50 bits per heavy atom. The molecule has 0 bridgehead atoms. The zero-order valence-corrected chi connectivity index (χ0v) is 12.2. The second-order valence-electron chi connectivity index (χ2n) is 5.21. The molecule has 3 rings (SSSR count). The molecule has 2 N–H and O–H groups in total. The van der Waals surface area contributed by atoms with Crippen LogP contribution < -0.4 is 4.90 Å². The topological polar surface area (TPSA) is 112 Å². The second kappa shape index (κ2) is 5.62. The van der Waals surface area contributed by atoms with Crippen LogP contribution in [0.3, 0.4) is 0 Å². The number of aliphatic carboxylic acids is 1. The summed E-state index contributed by atoms with van der Waals surface area (Å²) in [7, 11) is 0. The average molecular weight is 325 g/mol. The van der Waals surface area contributed by atoms with E-state index in [2.05, 4.69) is 0 Å². The molecule has 2 amide bonds. The van der Waals surface area contributed by atoms with Gasteiger partial charge in [-0.3, -0.25) is 14.4 Å². The summed E-state index contributed by atoms with van der Waals surface area (Å²) in [4.78, 5) is 47.9. The molecule has 0 atom stereocenters. The van der Waals surface area contributed by atoms with Gasteiger partial charge in [-0.1, -0.05) is 18.2 Å². The number of benzene rings is 2. The monoisotopic (exact) mass is 325 g/mol. The first-order valence-electron chi connectivity index (χ1n) is 6.96. The smallest absolute Gasteiger partial charge is 0.336 e. The van der Waals surface area contributed by atoms with Crippen LogP contribution in [-0.2, 0) is 11.2 Å². The summed E-state index contributed by atoms with van der Waals surface area (Å²) in [5.74, 6) is -3.59. The van der Waals surface area contributed by atoms with Crippen LogP contribution in [0, 0.1) is 0 Å². The van der Waals surface area contributed by atoms with Crippen LogP contribution in [0.4, 0.5) is 5.69 Å². The van der Waals surface area contributed by atoms with Gasteiger partial charge in [0.1, 0.15) is 0 Å². The predicted octanol–water partition coefficient (Wildman–Crippen LogP) is 1.81. The zero-order valence-electron chi connectivity index (χ0n) is 12.2. The highest BCUT2D eigenvalue weighted by molar-refractivity contribution is 6.34. The summed E-state index contributed by atoms with van der Waals surface area (Å²) >= 11 is 0. The molecule has 7 nitrogen and oxygen atoms in total. The van der Waals surface area contributed by atoms with Gasteiger partial charge in [-0.2, -0.15) is 0 Å². The van der Waals surface area contributed by atoms with Crippen LogP contribution >= 0.6 is 0 Å². The summed E-state index contributed by atoms with van der Waals surface area (Å²) in [6, 6.07) is 10.1. The van der Waals surface area contributed by atoms with Gasteiger partial charge in [0.05, 0.1) is 28.8 Å². The predicted molar refractivity (Wildman–Crippen MR) is 82.3 cm³/mol. The van der Waals surface area contributed by atoms with Crippen LogP contribution in [0.15, 0.2) is 42.5 Å². The Hall–Kier alpha value is -3.48. The minimum absolute atomic E-state index is 0.0905. The number of rotatable bonds is 4. The van der Waals surface area contributed by atoms with Gasteiger partial charge in [0, 0.05) is 0 Å². The fraction of sp³-hybridized carbons (Fsp3) is 0.0588. The van der Waals surface area contributed by atoms with Crippen molar-refractivity contribution in [2.75, 3.05) is 4.90 Å². The fourth-order valence-corrected chi connectivity index (χ4v) is 2.64. The Kier molecular flexibility index (Phi) is 3.61. The van der Waals surface area contributed by atoms with Crippen LogP contribution in [0.2, 0.25) is 0 Å². The lowest BCUT2D eigenvalue weighted by Gasteiger charge is -2.15. The fourth-order valence-electron chi connectivity index (χ4n) is 2.64. The minimum atomic E-state index is -1.33. The molecule has 1 heterocycles. The Morgan fingerprint density at radius 1 is 0.917 bits per heavy atom. The maximum absolute atomic E-state index is 12.4. The molecule has 0 fully saturated rings. The van der Waals surface area contributed by atoms with Gasteiger partial charge < -0.3 is 10.2 Å². The van der Waals surface area contributed by atoms with E-state index in [-0.39, 0.29) is 27.9 Å². The van der Waals surface area contributed by atoms with Crippen LogP contribution in [-0.4, -0.2) is 34.0 Å². The first-order valence-corrected chi connectivity index (χ1v) is 6.96. The number of aromatic carboxylic acids is 1. The van der Waals surface area contributed by atoms with Crippen molar-refractivity contribution in [3.8, 4) is 0 Å². The zero-order chi connectivity index (χ0) is 17.4. The molecule has 0 aliphatic carbocycles. The number of anilines is 1. The van der Waals surface area contributed by atoms with Gasteiger partial charge in [-0.05, 0) is 29.8 Å². The number of carbonyl (C=O) groups excluding carboxylic acids is 2. The summed E-state index contributed by atoms with van der Waals surface area (Å²) < 4.78 is 0. The van der Waals surface area contributed by atoms with Crippen molar-refractivity contribution in [3.05, 3.63) is 64.7 Å². The van der Waals surface area contributed by atoms with E-state index in [4.69, 9.17) is 5.11 Å². The minimum Gasteiger partial charge on any atom is -0.481 e. The SMILES string of the molecule is O=C(O)Cc1ccc(N2C(=O)c3ccccc3C2=O)cc1C(=O)O. The lowest BCUT2D eigenvalue weighted by atomic mass is 10.0. The molecule has 24 heavy (non-hydrogen) atoms. The highest BCUT2D eigenvalue weighted by Gasteiger charge is 2.36. The maximum atomic E-state index is 12.4. The van der Waals surface area contributed by atoms with Gasteiger partial charge in [-0.25, -0.2) is 9.69 Å². The third kappa shape index (κ3) is 2.41. The summed E-state index contributed by atoms with van der Waals surface area (Å²) in [5, 5.41) is 18.1. The lowest BCUT2D eigenvalue weighted by molar-refractivity contribution is -0.136. The van der Waals surface area contributed by atoms with E-state index in [9.17, 15) is 24.3 Å². The Balaban J connectivity index is 2.07. The van der Waals surface area contributed by atoms with E-state index >= 15 is 0 Å².